The van der Waals surface area contributed by atoms with E-state index < -0.39 is 11.9 Å². The number of benzene rings is 1. The molecule has 2 aromatic rings. The minimum absolute atomic E-state index is 0.0723. The minimum atomic E-state index is -4.52. The molecule has 0 saturated heterocycles. The molecule has 3 N–H and O–H groups in total. The normalized spacial score (nSPS) is 11.5. The number of rotatable bonds is 3. The van der Waals surface area contributed by atoms with Crippen molar-refractivity contribution in [2.45, 2.75) is 12.7 Å². The fraction of sp³-hybridized carbons (Fsp3) is 0.214. The SMILES string of the molecule is CN(c1ccc(O)cc1)c1nc(C(F)(F)F)ccc1CN. The summed E-state index contributed by atoms with van der Waals surface area (Å²) in [5.41, 5.74) is 5.68. The lowest BCUT2D eigenvalue weighted by Crippen LogP contribution is -2.18. The van der Waals surface area contributed by atoms with Crippen LogP contribution >= 0.6 is 0 Å². The molecule has 0 saturated carbocycles. The summed E-state index contributed by atoms with van der Waals surface area (Å²) in [5, 5.41) is 9.26. The number of pyridine rings is 1. The summed E-state index contributed by atoms with van der Waals surface area (Å²) in [4.78, 5) is 5.17. The number of halogens is 3. The van der Waals surface area contributed by atoms with Crippen LogP contribution in [0.25, 0.3) is 0 Å². The van der Waals surface area contributed by atoms with Crippen molar-refractivity contribution in [2.75, 3.05) is 11.9 Å². The van der Waals surface area contributed by atoms with Crippen LogP contribution in [0.4, 0.5) is 24.7 Å². The molecule has 7 heteroatoms. The highest BCUT2D eigenvalue weighted by molar-refractivity contribution is 5.63. The van der Waals surface area contributed by atoms with Crippen LogP contribution < -0.4 is 10.6 Å². The number of hydrogen-bond donors (Lipinski definition) is 2. The van der Waals surface area contributed by atoms with E-state index in [1.165, 1.54) is 23.1 Å². The first-order chi connectivity index (χ1) is 9.82. The summed E-state index contributed by atoms with van der Waals surface area (Å²) in [6, 6.07) is 8.29. The summed E-state index contributed by atoms with van der Waals surface area (Å²) in [6.07, 6.45) is -4.52. The van der Waals surface area contributed by atoms with Gasteiger partial charge in [-0.2, -0.15) is 13.2 Å². The third-order valence-corrected chi connectivity index (χ3v) is 3.02. The fourth-order valence-corrected chi connectivity index (χ4v) is 1.88. The van der Waals surface area contributed by atoms with Crippen molar-refractivity contribution in [2.24, 2.45) is 5.73 Å². The summed E-state index contributed by atoms with van der Waals surface area (Å²) in [7, 11) is 1.59. The van der Waals surface area contributed by atoms with Gasteiger partial charge < -0.3 is 15.7 Å². The van der Waals surface area contributed by atoms with Gasteiger partial charge in [0.25, 0.3) is 0 Å². The van der Waals surface area contributed by atoms with Gasteiger partial charge in [0.2, 0.25) is 0 Å². The van der Waals surface area contributed by atoms with Gasteiger partial charge in [0, 0.05) is 24.8 Å². The Balaban J connectivity index is 2.47. The van der Waals surface area contributed by atoms with E-state index in [4.69, 9.17) is 5.73 Å². The van der Waals surface area contributed by atoms with Crippen LogP contribution in [0.15, 0.2) is 36.4 Å². The highest BCUT2D eigenvalue weighted by atomic mass is 19.4. The van der Waals surface area contributed by atoms with Crippen molar-refractivity contribution in [1.82, 2.24) is 4.98 Å². The van der Waals surface area contributed by atoms with E-state index in [-0.39, 0.29) is 18.1 Å². The van der Waals surface area contributed by atoms with Gasteiger partial charge in [-0.25, -0.2) is 4.98 Å². The van der Waals surface area contributed by atoms with Crippen molar-refractivity contribution >= 4 is 11.5 Å². The fourth-order valence-electron chi connectivity index (χ4n) is 1.88. The molecule has 1 aromatic heterocycles. The zero-order valence-electron chi connectivity index (χ0n) is 11.2. The first kappa shape index (κ1) is 15.1. The quantitative estimate of drug-likeness (QED) is 0.914. The van der Waals surface area contributed by atoms with Gasteiger partial charge in [0.05, 0.1) is 0 Å². The Morgan fingerprint density at radius 2 is 1.76 bits per heavy atom. The van der Waals surface area contributed by atoms with Gasteiger partial charge >= 0.3 is 6.18 Å². The maximum atomic E-state index is 12.8. The number of anilines is 2. The third kappa shape index (κ3) is 3.25. The maximum absolute atomic E-state index is 12.8. The summed E-state index contributed by atoms with van der Waals surface area (Å²) in [6.45, 7) is 0.0723. The summed E-state index contributed by atoms with van der Waals surface area (Å²) in [5.74, 6) is 0.209. The van der Waals surface area contributed by atoms with Gasteiger partial charge in [-0.1, -0.05) is 6.07 Å². The summed E-state index contributed by atoms with van der Waals surface area (Å²) >= 11 is 0. The van der Waals surface area contributed by atoms with Crippen LogP contribution in [0, 0.1) is 0 Å². The number of hydrogen-bond acceptors (Lipinski definition) is 4. The second kappa shape index (κ2) is 5.61. The summed E-state index contributed by atoms with van der Waals surface area (Å²) < 4.78 is 38.3. The largest absolute Gasteiger partial charge is 0.508 e. The number of aromatic hydroxyl groups is 1. The van der Waals surface area contributed by atoms with E-state index >= 15 is 0 Å². The van der Waals surface area contributed by atoms with E-state index in [0.29, 0.717) is 11.3 Å². The molecule has 0 aliphatic carbocycles. The van der Waals surface area contributed by atoms with Crippen molar-refractivity contribution in [3.05, 3.63) is 47.7 Å². The Labute approximate surface area is 119 Å². The van der Waals surface area contributed by atoms with Gasteiger partial charge in [-0.3, -0.25) is 0 Å². The monoisotopic (exact) mass is 297 g/mol. The van der Waals surface area contributed by atoms with Crippen molar-refractivity contribution in [3.63, 3.8) is 0 Å². The first-order valence-electron chi connectivity index (χ1n) is 6.13. The molecule has 0 radical (unpaired) electrons. The number of aromatic nitrogens is 1. The molecule has 21 heavy (non-hydrogen) atoms. The average molecular weight is 297 g/mol. The molecule has 0 bridgehead atoms. The molecule has 0 unspecified atom stereocenters. The molecular weight excluding hydrogens is 283 g/mol. The number of alkyl halides is 3. The van der Waals surface area contributed by atoms with E-state index in [2.05, 4.69) is 4.98 Å². The van der Waals surface area contributed by atoms with Crippen molar-refractivity contribution < 1.29 is 18.3 Å². The van der Waals surface area contributed by atoms with E-state index in [0.717, 1.165) is 6.07 Å². The van der Waals surface area contributed by atoms with E-state index in [1.807, 2.05) is 0 Å². The van der Waals surface area contributed by atoms with Crippen LogP contribution in [-0.2, 0) is 12.7 Å². The van der Waals surface area contributed by atoms with Crippen LogP contribution in [0.1, 0.15) is 11.3 Å². The van der Waals surface area contributed by atoms with Crippen molar-refractivity contribution in [3.8, 4) is 5.75 Å². The topological polar surface area (TPSA) is 62.4 Å². The molecule has 1 aromatic carbocycles. The van der Waals surface area contributed by atoms with E-state index in [1.54, 1.807) is 19.2 Å². The first-order valence-corrected chi connectivity index (χ1v) is 6.13. The van der Waals surface area contributed by atoms with Crippen molar-refractivity contribution in [1.29, 1.82) is 0 Å². The number of nitrogens with zero attached hydrogens (tertiary/aromatic N) is 2. The molecule has 0 aliphatic heterocycles. The van der Waals surface area contributed by atoms with Crippen LogP contribution in [0.3, 0.4) is 0 Å². The lowest BCUT2D eigenvalue weighted by Gasteiger charge is -2.22. The second-order valence-electron chi connectivity index (χ2n) is 4.46. The molecule has 112 valence electrons. The molecule has 0 amide bonds. The predicted molar refractivity (Wildman–Crippen MR) is 73.3 cm³/mol. The van der Waals surface area contributed by atoms with Gasteiger partial charge in [-0.05, 0) is 30.3 Å². The Bertz CT molecular complexity index is 626. The van der Waals surface area contributed by atoms with Crippen LogP contribution in [0.2, 0.25) is 0 Å². The molecule has 4 nitrogen and oxygen atoms in total. The average Bonchev–Trinajstić information content (AvgIpc) is 2.45. The molecular formula is C14H14F3N3O. The Kier molecular flexibility index (Phi) is 4.04. The Hall–Kier alpha value is -2.28. The zero-order chi connectivity index (χ0) is 15.6. The smallest absolute Gasteiger partial charge is 0.433 e. The lowest BCUT2D eigenvalue weighted by atomic mass is 10.2. The molecule has 0 atom stereocenters. The lowest BCUT2D eigenvalue weighted by molar-refractivity contribution is -0.141. The zero-order valence-corrected chi connectivity index (χ0v) is 11.2. The molecule has 1 heterocycles. The number of phenols is 1. The van der Waals surface area contributed by atoms with E-state index in [9.17, 15) is 18.3 Å². The third-order valence-electron chi connectivity index (χ3n) is 3.02. The van der Waals surface area contributed by atoms with Gasteiger partial charge in [-0.15, -0.1) is 0 Å². The highest BCUT2D eigenvalue weighted by Gasteiger charge is 2.33. The number of phenolic OH excluding ortho intramolecular Hbond substituents is 1. The molecule has 0 spiro atoms. The van der Waals surface area contributed by atoms with Crippen LogP contribution in [-0.4, -0.2) is 17.1 Å². The molecule has 2 rings (SSSR count). The predicted octanol–water partition coefficient (Wildman–Crippen LogP) is 3.03. The highest BCUT2D eigenvalue weighted by Crippen LogP contribution is 2.32. The standard InChI is InChI=1S/C14H14F3N3O/c1-20(10-3-5-11(21)6-4-10)13-9(8-18)2-7-12(19-13)14(15,16)17/h2-7,21H,8,18H2,1H3. The number of nitrogens with two attached hydrogens (primary N) is 1. The molecule has 0 fully saturated rings. The molecule has 0 aliphatic rings. The van der Waals surface area contributed by atoms with Crippen LogP contribution in [0.5, 0.6) is 5.75 Å². The Morgan fingerprint density at radius 3 is 2.29 bits per heavy atom. The second-order valence-corrected chi connectivity index (χ2v) is 4.46. The maximum Gasteiger partial charge on any atom is 0.433 e. The van der Waals surface area contributed by atoms with Gasteiger partial charge in [0.1, 0.15) is 17.3 Å². The Morgan fingerprint density at radius 1 is 1.14 bits per heavy atom. The van der Waals surface area contributed by atoms with Gasteiger partial charge in [0.15, 0.2) is 0 Å². The minimum Gasteiger partial charge on any atom is -0.508 e.